The Morgan fingerprint density at radius 2 is 2.16 bits per heavy atom. The van der Waals surface area contributed by atoms with Crippen LogP contribution in [-0.4, -0.2) is 41.3 Å². The Balaban J connectivity index is 2.39. The molecule has 1 aliphatic heterocycles. The van der Waals surface area contributed by atoms with E-state index in [2.05, 4.69) is 36.0 Å². The van der Waals surface area contributed by atoms with Crippen molar-refractivity contribution in [1.29, 1.82) is 0 Å². The zero-order chi connectivity index (χ0) is 14.0. The second kappa shape index (κ2) is 5.33. The van der Waals surface area contributed by atoms with Gasteiger partial charge in [-0.3, -0.25) is 0 Å². The smallest absolute Gasteiger partial charge is 0.138 e. The van der Waals surface area contributed by atoms with Crippen LogP contribution in [-0.2, 0) is 5.41 Å². The van der Waals surface area contributed by atoms with Crippen LogP contribution in [0, 0.1) is 0 Å². The Kier molecular flexibility index (Phi) is 3.94. The van der Waals surface area contributed by atoms with Crippen molar-refractivity contribution < 1.29 is 5.11 Å². The average molecular weight is 264 g/mol. The molecule has 5 nitrogen and oxygen atoms in total. The van der Waals surface area contributed by atoms with Gasteiger partial charge >= 0.3 is 0 Å². The molecule has 1 fully saturated rings. The normalized spacial score (nSPS) is 19.8. The summed E-state index contributed by atoms with van der Waals surface area (Å²) in [6.45, 7) is 7.47. The van der Waals surface area contributed by atoms with E-state index in [1.54, 1.807) is 0 Å². The first-order valence-electron chi connectivity index (χ1n) is 6.90. The maximum Gasteiger partial charge on any atom is 0.138 e. The first kappa shape index (κ1) is 14.1. The van der Waals surface area contributed by atoms with Crippen LogP contribution in [0.3, 0.4) is 0 Å². The summed E-state index contributed by atoms with van der Waals surface area (Å²) in [5.74, 6) is 2.58. The van der Waals surface area contributed by atoms with Crippen molar-refractivity contribution in [3.05, 3.63) is 11.9 Å². The van der Waals surface area contributed by atoms with Crippen molar-refractivity contribution >= 4 is 11.6 Å². The van der Waals surface area contributed by atoms with E-state index in [0.29, 0.717) is 0 Å². The summed E-state index contributed by atoms with van der Waals surface area (Å²) in [5, 5.41) is 12.5. The Bertz CT molecular complexity index is 442. The van der Waals surface area contributed by atoms with Crippen molar-refractivity contribution in [2.45, 2.75) is 45.1 Å². The fourth-order valence-electron chi connectivity index (χ4n) is 2.37. The van der Waals surface area contributed by atoms with Gasteiger partial charge in [-0.2, -0.15) is 0 Å². The van der Waals surface area contributed by atoms with Gasteiger partial charge in [-0.1, -0.05) is 20.8 Å². The molecule has 19 heavy (non-hydrogen) atoms. The zero-order valence-corrected chi connectivity index (χ0v) is 12.3. The highest BCUT2D eigenvalue weighted by Gasteiger charge is 2.27. The number of hydrogen-bond acceptors (Lipinski definition) is 5. The monoisotopic (exact) mass is 264 g/mol. The lowest BCUT2D eigenvalue weighted by molar-refractivity contribution is 0.266. The minimum absolute atomic E-state index is 0.0873. The van der Waals surface area contributed by atoms with Crippen LogP contribution in [0.15, 0.2) is 6.07 Å². The molecule has 0 saturated carbocycles. The maximum absolute atomic E-state index is 9.45. The van der Waals surface area contributed by atoms with E-state index in [1.165, 1.54) is 0 Å². The Labute approximate surface area is 115 Å². The number of aliphatic hydroxyl groups is 1. The van der Waals surface area contributed by atoms with Crippen LogP contribution in [0.1, 0.15) is 39.4 Å². The molecule has 0 aliphatic carbocycles. The summed E-state index contributed by atoms with van der Waals surface area (Å²) in [4.78, 5) is 11.4. The van der Waals surface area contributed by atoms with Crippen molar-refractivity contribution in [2.24, 2.45) is 0 Å². The van der Waals surface area contributed by atoms with Crippen LogP contribution in [0.2, 0.25) is 0 Å². The first-order valence-corrected chi connectivity index (χ1v) is 6.90. The largest absolute Gasteiger partial charge is 0.394 e. The van der Waals surface area contributed by atoms with Crippen LogP contribution in [0.4, 0.5) is 11.6 Å². The highest BCUT2D eigenvalue weighted by atomic mass is 16.3. The van der Waals surface area contributed by atoms with Gasteiger partial charge in [0.05, 0.1) is 12.6 Å². The van der Waals surface area contributed by atoms with E-state index in [4.69, 9.17) is 4.98 Å². The number of aromatic nitrogens is 2. The van der Waals surface area contributed by atoms with Gasteiger partial charge in [0.2, 0.25) is 0 Å². The van der Waals surface area contributed by atoms with Gasteiger partial charge < -0.3 is 15.3 Å². The lowest BCUT2D eigenvalue weighted by atomic mass is 9.96. The van der Waals surface area contributed by atoms with E-state index in [9.17, 15) is 5.11 Å². The molecular formula is C14H24N4O. The molecule has 1 atom stereocenters. The lowest BCUT2D eigenvalue weighted by Crippen LogP contribution is -2.33. The van der Waals surface area contributed by atoms with Gasteiger partial charge in [-0.05, 0) is 12.8 Å². The molecule has 2 rings (SSSR count). The molecule has 0 amide bonds. The van der Waals surface area contributed by atoms with Crippen LogP contribution < -0.4 is 10.2 Å². The standard InChI is InChI=1S/C14H24N4O/c1-14(2,3)13-16-11(15-4)8-12(17-13)18-7-5-6-10(18)9-19/h8,10,19H,5-7,9H2,1-4H3,(H,15,16,17). The molecule has 0 bridgehead atoms. The highest BCUT2D eigenvalue weighted by molar-refractivity contribution is 5.51. The quantitative estimate of drug-likeness (QED) is 0.871. The number of nitrogens with zero attached hydrogens (tertiary/aromatic N) is 3. The number of nitrogens with one attached hydrogen (secondary N) is 1. The number of hydrogen-bond donors (Lipinski definition) is 2. The topological polar surface area (TPSA) is 61.3 Å². The van der Waals surface area contributed by atoms with Gasteiger partial charge in [-0.15, -0.1) is 0 Å². The van der Waals surface area contributed by atoms with Crippen molar-refractivity contribution in [1.82, 2.24) is 9.97 Å². The minimum Gasteiger partial charge on any atom is -0.394 e. The fourth-order valence-corrected chi connectivity index (χ4v) is 2.37. The van der Waals surface area contributed by atoms with Crippen molar-refractivity contribution in [3.8, 4) is 0 Å². The summed E-state index contributed by atoms with van der Waals surface area (Å²) < 4.78 is 0. The fraction of sp³-hybridized carbons (Fsp3) is 0.714. The SMILES string of the molecule is CNc1cc(N2CCCC2CO)nc(C(C)(C)C)n1. The number of anilines is 2. The molecule has 0 spiro atoms. The molecule has 5 heteroatoms. The number of aliphatic hydroxyl groups excluding tert-OH is 1. The summed E-state index contributed by atoms with van der Waals surface area (Å²) in [7, 11) is 1.87. The van der Waals surface area contributed by atoms with E-state index >= 15 is 0 Å². The van der Waals surface area contributed by atoms with E-state index in [1.807, 2.05) is 13.1 Å². The van der Waals surface area contributed by atoms with Gasteiger partial charge in [0.1, 0.15) is 17.5 Å². The Morgan fingerprint density at radius 1 is 1.42 bits per heavy atom. The van der Waals surface area contributed by atoms with Crippen molar-refractivity contribution in [2.75, 3.05) is 30.4 Å². The molecule has 2 heterocycles. The second-order valence-corrected chi connectivity index (χ2v) is 6.11. The van der Waals surface area contributed by atoms with E-state index < -0.39 is 0 Å². The Morgan fingerprint density at radius 3 is 2.74 bits per heavy atom. The highest BCUT2D eigenvalue weighted by Crippen LogP contribution is 2.28. The third-order valence-corrected chi connectivity index (χ3v) is 3.52. The molecule has 1 unspecified atom stereocenters. The zero-order valence-electron chi connectivity index (χ0n) is 12.3. The first-order chi connectivity index (χ1) is 8.95. The van der Waals surface area contributed by atoms with Gasteiger partial charge in [-0.25, -0.2) is 9.97 Å². The van der Waals surface area contributed by atoms with Gasteiger partial charge in [0.25, 0.3) is 0 Å². The van der Waals surface area contributed by atoms with Crippen LogP contribution >= 0.6 is 0 Å². The summed E-state index contributed by atoms with van der Waals surface area (Å²) >= 11 is 0. The lowest BCUT2D eigenvalue weighted by Gasteiger charge is -2.26. The predicted octanol–water partition coefficient (Wildman–Crippen LogP) is 1.78. The van der Waals surface area contributed by atoms with Crippen molar-refractivity contribution in [3.63, 3.8) is 0 Å². The molecule has 106 valence electrons. The molecule has 1 aromatic heterocycles. The predicted molar refractivity (Wildman–Crippen MR) is 77.7 cm³/mol. The third kappa shape index (κ3) is 2.97. The molecule has 0 radical (unpaired) electrons. The second-order valence-electron chi connectivity index (χ2n) is 6.11. The maximum atomic E-state index is 9.45. The summed E-state index contributed by atoms with van der Waals surface area (Å²) in [6, 6.07) is 2.15. The average Bonchev–Trinajstić information content (AvgIpc) is 2.85. The Hall–Kier alpha value is -1.36. The minimum atomic E-state index is -0.0873. The van der Waals surface area contributed by atoms with Crippen LogP contribution in [0.5, 0.6) is 0 Å². The van der Waals surface area contributed by atoms with E-state index in [-0.39, 0.29) is 18.1 Å². The summed E-state index contributed by atoms with van der Waals surface area (Å²) in [5.41, 5.74) is -0.0873. The molecule has 1 aliphatic rings. The molecule has 0 aromatic carbocycles. The van der Waals surface area contributed by atoms with Gasteiger partial charge in [0, 0.05) is 25.1 Å². The van der Waals surface area contributed by atoms with E-state index in [0.717, 1.165) is 36.8 Å². The molecular weight excluding hydrogens is 240 g/mol. The van der Waals surface area contributed by atoms with Gasteiger partial charge in [0.15, 0.2) is 0 Å². The summed E-state index contributed by atoms with van der Waals surface area (Å²) in [6.07, 6.45) is 2.13. The molecule has 1 saturated heterocycles. The third-order valence-electron chi connectivity index (χ3n) is 3.52. The molecule has 1 aromatic rings. The van der Waals surface area contributed by atoms with Crippen LogP contribution in [0.25, 0.3) is 0 Å². The molecule has 2 N–H and O–H groups in total. The number of rotatable bonds is 3.